The van der Waals surface area contributed by atoms with Crippen LogP contribution in [0, 0.1) is 9.64 Å². The number of hydrogen-bond acceptors (Lipinski definition) is 0. The summed E-state index contributed by atoms with van der Waals surface area (Å²) in [7, 11) is 0. The third-order valence-corrected chi connectivity index (χ3v) is 3.75. The molecule has 1 fully saturated rings. The first kappa shape index (κ1) is 10.3. The molecule has 2 aromatic rings. The summed E-state index contributed by atoms with van der Waals surface area (Å²) in [4.78, 5) is 0. The van der Waals surface area contributed by atoms with E-state index in [1.165, 1.54) is 33.1 Å². The van der Waals surface area contributed by atoms with E-state index in [9.17, 15) is 0 Å². The average Bonchev–Trinajstić information content (AvgIpc) is 3.14. The quantitative estimate of drug-likeness (QED) is 0.708. The highest BCUT2D eigenvalue weighted by molar-refractivity contribution is 14.1. The molecule has 0 amide bonds. The van der Waals surface area contributed by atoms with Gasteiger partial charge in [-0.1, -0.05) is 24.3 Å². The van der Waals surface area contributed by atoms with Gasteiger partial charge in [-0.05, 0) is 82.3 Å². The zero-order valence-corrected chi connectivity index (χ0v) is 11.1. The van der Waals surface area contributed by atoms with Crippen LogP contribution in [0.1, 0.15) is 24.3 Å². The summed E-state index contributed by atoms with van der Waals surface area (Å²) in [5.41, 5.74) is 3.93. The Kier molecular flexibility index (Phi) is 2.72. The van der Waals surface area contributed by atoms with Crippen molar-refractivity contribution in [2.24, 2.45) is 0 Å². The van der Waals surface area contributed by atoms with Crippen molar-refractivity contribution in [3.05, 3.63) is 57.7 Å². The molecule has 1 aliphatic carbocycles. The summed E-state index contributed by atoms with van der Waals surface area (Å²) in [5, 5.41) is 0. The highest BCUT2D eigenvalue weighted by Crippen LogP contribution is 2.40. The fourth-order valence-corrected chi connectivity index (χ4v) is 2.27. The van der Waals surface area contributed by atoms with Crippen LogP contribution in [0.5, 0.6) is 0 Å². The molecule has 0 spiro atoms. The molecule has 0 unspecified atom stereocenters. The molecular formula is C15H12I. The van der Waals surface area contributed by atoms with E-state index < -0.39 is 0 Å². The number of benzene rings is 2. The standard InChI is InChI=1S/C15H12I/c16-15-9-7-14(8-10-15)13-5-3-12(4-6-13)11-1-2-11/h3,5-11H,1-2H2. The topological polar surface area (TPSA) is 0 Å². The van der Waals surface area contributed by atoms with E-state index in [2.05, 4.69) is 71.1 Å². The van der Waals surface area contributed by atoms with E-state index >= 15 is 0 Å². The van der Waals surface area contributed by atoms with Gasteiger partial charge in [-0.15, -0.1) is 0 Å². The second kappa shape index (κ2) is 4.21. The van der Waals surface area contributed by atoms with Gasteiger partial charge in [0, 0.05) is 3.57 Å². The van der Waals surface area contributed by atoms with Gasteiger partial charge in [0.15, 0.2) is 0 Å². The first-order valence-electron chi connectivity index (χ1n) is 5.60. The van der Waals surface area contributed by atoms with Crippen molar-refractivity contribution >= 4 is 22.6 Å². The lowest BCUT2D eigenvalue weighted by Gasteiger charge is -2.03. The molecule has 0 nitrogen and oxygen atoms in total. The summed E-state index contributed by atoms with van der Waals surface area (Å²) in [6.45, 7) is 0. The van der Waals surface area contributed by atoms with Crippen LogP contribution in [-0.4, -0.2) is 0 Å². The zero-order valence-electron chi connectivity index (χ0n) is 8.91. The maximum atomic E-state index is 3.41. The van der Waals surface area contributed by atoms with E-state index in [1.54, 1.807) is 0 Å². The number of hydrogen-bond donors (Lipinski definition) is 0. The minimum Gasteiger partial charge on any atom is -0.0575 e. The van der Waals surface area contributed by atoms with Crippen LogP contribution >= 0.6 is 22.6 Å². The Labute approximate surface area is 110 Å². The van der Waals surface area contributed by atoms with Gasteiger partial charge in [-0.2, -0.15) is 0 Å². The maximum absolute atomic E-state index is 3.41. The molecule has 0 aromatic heterocycles. The fourth-order valence-electron chi connectivity index (χ4n) is 1.91. The van der Waals surface area contributed by atoms with Crippen molar-refractivity contribution in [1.82, 2.24) is 0 Å². The van der Waals surface area contributed by atoms with Gasteiger partial charge in [-0.3, -0.25) is 0 Å². The molecule has 1 aliphatic rings. The molecule has 2 aromatic carbocycles. The molecule has 0 saturated heterocycles. The molecular weight excluding hydrogens is 307 g/mol. The van der Waals surface area contributed by atoms with Crippen molar-refractivity contribution in [1.29, 1.82) is 0 Å². The summed E-state index contributed by atoms with van der Waals surface area (Å²) < 4.78 is 1.28. The van der Waals surface area contributed by atoms with Crippen LogP contribution in [0.15, 0.2) is 42.5 Å². The van der Waals surface area contributed by atoms with Gasteiger partial charge in [0.25, 0.3) is 0 Å². The second-order valence-corrected chi connectivity index (χ2v) is 5.56. The summed E-state index contributed by atoms with van der Waals surface area (Å²) in [6.07, 6.45) is 2.69. The first-order chi connectivity index (χ1) is 7.83. The Bertz CT molecular complexity index is 478. The molecule has 79 valence electrons. The predicted molar refractivity (Wildman–Crippen MR) is 75.4 cm³/mol. The van der Waals surface area contributed by atoms with Crippen molar-refractivity contribution in [2.45, 2.75) is 18.8 Å². The Morgan fingerprint density at radius 3 is 2.19 bits per heavy atom. The van der Waals surface area contributed by atoms with E-state index in [0.29, 0.717) is 0 Å². The summed E-state index contributed by atoms with van der Waals surface area (Å²) in [5.74, 6) is 0.797. The Morgan fingerprint density at radius 1 is 0.938 bits per heavy atom. The smallest absolute Gasteiger partial charge is 0.0130 e. The molecule has 0 bridgehead atoms. The van der Waals surface area contributed by atoms with Crippen molar-refractivity contribution in [3.8, 4) is 11.1 Å². The van der Waals surface area contributed by atoms with Gasteiger partial charge >= 0.3 is 0 Å². The first-order valence-corrected chi connectivity index (χ1v) is 6.68. The van der Waals surface area contributed by atoms with Crippen LogP contribution < -0.4 is 0 Å². The van der Waals surface area contributed by atoms with Crippen LogP contribution in [0.2, 0.25) is 0 Å². The monoisotopic (exact) mass is 319 g/mol. The third-order valence-electron chi connectivity index (χ3n) is 3.03. The van der Waals surface area contributed by atoms with Gasteiger partial charge in [0.05, 0.1) is 0 Å². The normalized spacial score (nSPS) is 15.1. The fraction of sp³-hybridized carbons (Fsp3) is 0.200. The SMILES string of the molecule is Ic1ccc(-c2c[c]c(C3CC3)cc2)cc1. The van der Waals surface area contributed by atoms with Crippen molar-refractivity contribution in [2.75, 3.05) is 0 Å². The lowest BCUT2D eigenvalue weighted by molar-refractivity contribution is 1.13. The molecule has 16 heavy (non-hydrogen) atoms. The van der Waals surface area contributed by atoms with E-state index in [0.717, 1.165) is 5.92 Å². The molecule has 0 aliphatic heterocycles. The second-order valence-electron chi connectivity index (χ2n) is 4.31. The van der Waals surface area contributed by atoms with Gasteiger partial charge in [0.1, 0.15) is 0 Å². The van der Waals surface area contributed by atoms with Crippen molar-refractivity contribution in [3.63, 3.8) is 0 Å². The van der Waals surface area contributed by atoms with Gasteiger partial charge < -0.3 is 0 Å². The van der Waals surface area contributed by atoms with E-state index in [4.69, 9.17) is 0 Å². The molecule has 0 heterocycles. The highest BCUT2D eigenvalue weighted by atomic mass is 127. The van der Waals surface area contributed by atoms with Crippen molar-refractivity contribution < 1.29 is 0 Å². The Morgan fingerprint density at radius 2 is 1.62 bits per heavy atom. The van der Waals surface area contributed by atoms with Gasteiger partial charge in [-0.25, -0.2) is 0 Å². The zero-order chi connectivity index (χ0) is 11.0. The average molecular weight is 319 g/mol. The molecule has 3 rings (SSSR count). The van der Waals surface area contributed by atoms with Crippen LogP contribution in [0.25, 0.3) is 11.1 Å². The lowest BCUT2D eigenvalue weighted by Crippen LogP contribution is -1.82. The van der Waals surface area contributed by atoms with Crippen LogP contribution in [-0.2, 0) is 0 Å². The van der Waals surface area contributed by atoms with Crippen LogP contribution in [0.4, 0.5) is 0 Å². The van der Waals surface area contributed by atoms with Crippen LogP contribution in [0.3, 0.4) is 0 Å². The summed E-state index contributed by atoms with van der Waals surface area (Å²) >= 11 is 2.33. The lowest BCUT2D eigenvalue weighted by atomic mass is 10.0. The summed E-state index contributed by atoms with van der Waals surface area (Å²) in [6, 6.07) is 18.6. The molecule has 0 atom stereocenters. The maximum Gasteiger partial charge on any atom is 0.0130 e. The minimum atomic E-state index is 0.797. The van der Waals surface area contributed by atoms with E-state index in [-0.39, 0.29) is 0 Å². The molecule has 1 radical (unpaired) electrons. The highest BCUT2D eigenvalue weighted by Gasteiger charge is 2.23. The van der Waals surface area contributed by atoms with Gasteiger partial charge in [0.2, 0.25) is 0 Å². The Balaban J connectivity index is 1.91. The number of rotatable bonds is 2. The molecule has 1 saturated carbocycles. The number of halogens is 1. The third kappa shape index (κ3) is 2.14. The molecule has 1 heteroatoms. The van der Waals surface area contributed by atoms with E-state index in [1.807, 2.05) is 0 Å². The Hall–Kier alpha value is -0.830. The molecule has 0 N–H and O–H groups in total. The largest absolute Gasteiger partial charge is 0.0575 e. The minimum absolute atomic E-state index is 0.797. The predicted octanol–water partition coefficient (Wildman–Crippen LogP) is 4.64.